The van der Waals surface area contributed by atoms with Crippen molar-refractivity contribution in [3.05, 3.63) is 22.2 Å². The molecule has 5 heteroatoms. The summed E-state index contributed by atoms with van der Waals surface area (Å²) in [5, 5.41) is 8.53. The van der Waals surface area contributed by atoms with E-state index in [4.69, 9.17) is 20.5 Å². The van der Waals surface area contributed by atoms with Crippen molar-refractivity contribution in [1.29, 1.82) is 5.26 Å². The summed E-state index contributed by atoms with van der Waals surface area (Å²) < 4.78 is 12.2. The highest BCUT2D eigenvalue weighted by atomic mass is 79.9. The minimum absolute atomic E-state index is 0.0961. The van der Waals surface area contributed by atoms with Gasteiger partial charge >= 0.3 is 0 Å². The van der Waals surface area contributed by atoms with Crippen LogP contribution >= 0.6 is 15.9 Å². The van der Waals surface area contributed by atoms with Gasteiger partial charge in [0.2, 0.25) is 0 Å². The molecule has 0 saturated heterocycles. The summed E-state index contributed by atoms with van der Waals surface area (Å²) in [7, 11) is 0. The Hall–Kier alpha value is -1.25. The molecule has 0 aliphatic heterocycles. The first-order valence-electron chi connectivity index (χ1n) is 6.79. The topological polar surface area (TPSA) is 68.3 Å². The summed E-state index contributed by atoms with van der Waals surface area (Å²) in [6.07, 6.45) is 1.98. The number of nitrogens with two attached hydrogens (primary N) is 1. The van der Waals surface area contributed by atoms with E-state index >= 15 is 0 Å². The van der Waals surface area contributed by atoms with Crippen LogP contribution < -0.4 is 15.2 Å². The first-order chi connectivity index (χ1) is 9.58. The molecule has 0 aliphatic rings. The Morgan fingerprint density at radius 1 is 1.40 bits per heavy atom. The fourth-order valence-electron chi connectivity index (χ4n) is 1.84. The molecule has 4 nitrogen and oxygen atoms in total. The Labute approximate surface area is 129 Å². The number of rotatable bonds is 8. The number of unbranched alkanes of at least 4 members (excludes halogenated alkanes) is 1. The third kappa shape index (κ3) is 5.40. The lowest BCUT2D eigenvalue weighted by molar-refractivity contribution is 0.272. The maximum atomic E-state index is 8.53. The van der Waals surface area contributed by atoms with E-state index in [1.54, 1.807) is 0 Å². The van der Waals surface area contributed by atoms with Gasteiger partial charge in [0.15, 0.2) is 11.5 Å². The van der Waals surface area contributed by atoms with Gasteiger partial charge in [-0.25, -0.2) is 0 Å². The Morgan fingerprint density at radius 2 is 2.15 bits per heavy atom. The maximum Gasteiger partial charge on any atom is 0.175 e. The largest absolute Gasteiger partial charge is 0.490 e. The van der Waals surface area contributed by atoms with Crippen molar-refractivity contribution in [2.24, 2.45) is 5.73 Å². The molecule has 1 atom stereocenters. The molecule has 0 saturated carbocycles. The third-order valence-electron chi connectivity index (χ3n) is 2.61. The lowest BCUT2D eigenvalue weighted by Crippen LogP contribution is -2.17. The van der Waals surface area contributed by atoms with Gasteiger partial charge in [-0.3, -0.25) is 0 Å². The molecule has 110 valence electrons. The molecular formula is C15H21BrN2O2. The first kappa shape index (κ1) is 16.8. The van der Waals surface area contributed by atoms with Crippen LogP contribution in [-0.4, -0.2) is 19.3 Å². The van der Waals surface area contributed by atoms with Crippen molar-refractivity contribution >= 4 is 15.9 Å². The average molecular weight is 341 g/mol. The van der Waals surface area contributed by atoms with Crippen LogP contribution in [0.3, 0.4) is 0 Å². The zero-order valence-electron chi connectivity index (χ0n) is 12.0. The van der Waals surface area contributed by atoms with E-state index < -0.39 is 0 Å². The summed E-state index contributed by atoms with van der Waals surface area (Å²) in [5.41, 5.74) is 6.94. The number of ether oxygens (including phenoxy) is 2. The van der Waals surface area contributed by atoms with E-state index in [0.29, 0.717) is 31.8 Å². The standard InChI is InChI=1S/C15H21BrN2O2/c1-3-19-14-10-12(8-11(2)18)9-13(16)15(14)20-7-5-4-6-17/h9-11H,3-5,7-8,18H2,1-2H3. The van der Waals surface area contributed by atoms with E-state index in [2.05, 4.69) is 22.0 Å². The molecule has 0 heterocycles. The molecule has 0 spiro atoms. The molecular weight excluding hydrogens is 320 g/mol. The van der Waals surface area contributed by atoms with Crippen molar-refractivity contribution in [3.63, 3.8) is 0 Å². The normalized spacial score (nSPS) is 11.8. The van der Waals surface area contributed by atoms with E-state index in [0.717, 1.165) is 22.2 Å². The quantitative estimate of drug-likeness (QED) is 0.736. The van der Waals surface area contributed by atoms with E-state index in [1.165, 1.54) is 0 Å². The van der Waals surface area contributed by atoms with Crippen molar-refractivity contribution in [1.82, 2.24) is 0 Å². The van der Waals surface area contributed by atoms with Gasteiger partial charge in [-0.05, 0) is 60.3 Å². The highest BCUT2D eigenvalue weighted by Gasteiger charge is 2.13. The minimum Gasteiger partial charge on any atom is -0.490 e. The Kier molecular flexibility index (Phi) is 7.42. The molecule has 0 amide bonds. The summed E-state index contributed by atoms with van der Waals surface area (Å²) >= 11 is 3.52. The summed E-state index contributed by atoms with van der Waals surface area (Å²) in [4.78, 5) is 0. The highest BCUT2D eigenvalue weighted by molar-refractivity contribution is 9.10. The molecule has 1 aromatic carbocycles. The predicted octanol–water partition coefficient (Wildman–Crippen LogP) is 3.42. The van der Waals surface area contributed by atoms with E-state index in [9.17, 15) is 0 Å². The van der Waals surface area contributed by atoms with E-state index in [-0.39, 0.29) is 6.04 Å². The zero-order valence-corrected chi connectivity index (χ0v) is 13.6. The Morgan fingerprint density at radius 3 is 2.75 bits per heavy atom. The molecule has 1 rings (SSSR count). The van der Waals surface area contributed by atoms with Crippen LogP contribution in [-0.2, 0) is 6.42 Å². The lowest BCUT2D eigenvalue weighted by Gasteiger charge is -2.16. The van der Waals surface area contributed by atoms with Crippen LogP contribution in [0.15, 0.2) is 16.6 Å². The van der Waals surface area contributed by atoms with Crippen LogP contribution in [0.2, 0.25) is 0 Å². The second-order valence-corrected chi connectivity index (χ2v) is 5.48. The molecule has 0 radical (unpaired) electrons. The molecule has 2 N–H and O–H groups in total. The van der Waals surface area contributed by atoms with E-state index in [1.807, 2.05) is 26.0 Å². The van der Waals surface area contributed by atoms with Crippen LogP contribution in [0.1, 0.15) is 32.3 Å². The number of nitriles is 1. The predicted molar refractivity (Wildman–Crippen MR) is 83.0 cm³/mol. The summed E-state index contributed by atoms with van der Waals surface area (Å²) in [5.74, 6) is 1.41. The fraction of sp³-hybridized carbons (Fsp3) is 0.533. The number of benzene rings is 1. The highest BCUT2D eigenvalue weighted by Crippen LogP contribution is 2.37. The number of hydrogen-bond acceptors (Lipinski definition) is 4. The molecule has 20 heavy (non-hydrogen) atoms. The molecule has 0 bridgehead atoms. The van der Waals surface area contributed by atoms with Crippen LogP contribution in [0, 0.1) is 11.3 Å². The zero-order chi connectivity index (χ0) is 15.0. The maximum absolute atomic E-state index is 8.53. The van der Waals surface area contributed by atoms with Gasteiger partial charge in [-0.15, -0.1) is 0 Å². The van der Waals surface area contributed by atoms with Crippen molar-refractivity contribution in [2.45, 2.75) is 39.2 Å². The monoisotopic (exact) mass is 340 g/mol. The molecule has 0 aliphatic carbocycles. The Bertz CT molecular complexity index is 470. The Balaban J connectivity index is 2.88. The van der Waals surface area contributed by atoms with Crippen molar-refractivity contribution < 1.29 is 9.47 Å². The first-order valence-corrected chi connectivity index (χ1v) is 7.58. The molecule has 0 aromatic heterocycles. The minimum atomic E-state index is 0.0961. The van der Waals surface area contributed by atoms with Crippen LogP contribution in [0.25, 0.3) is 0 Å². The van der Waals surface area contributed by atoms with Gasteiger partial charge in [0.25, 0.3) is 0 Å². The van der Waals surface area contributed by atoms with Crippen molar-refractivity contribution in [3.8, 4) is 17.6 Å². The smallest absolute Gasteiger partial charge is 0.175 e. The summed E-state index contributed by atoms with van der Waals surface area (Å²) in [6, 6.07) is 6.17. The number of halogens is 1. The van der Waals surface area contributed by atoms with Crippen molar-refractivity contribution in [2.75, 3.05) is 13.2 Å². The van der Waals surface area contributed by atoms with Crippen LogP contribution in [0.5, 0.6) is 11.5 Å². The fourth-order valence-corrected chi connectivity index (χ4v) is 2.44. The number of nitrogens with zero attached hydrogens (tertiary/aromatic N) is 1. The third-order valence-corrected chi connectivity index (χ3v) is 3.20. The SMILES string of the molecule is CCOc1cc(CC(C)N)cc(Br)c1OCCCC#N. The molecule has 1 aromatic rings. The molecule has 1 unspecified atom stereocenters. The van der Waals surface area contributed by atoms with Crippen LogP contribution in [0.4, 0.5) is 0 Å². The average Bonchev–Trinajstić information content (AvgIpc) is 2.36. The van der Waals surface area contributed by atoms with Gasteiger partial charge in [-0.2, -0.15) is 5.26 Å². The van der Waals surface area contributed by atoms with Gasteiger partial charge in [0, 0.05) is 12.5 Å². The van der Waals surface area contributed by atoms with Gasteiger partial charge in [0.05, 0.1) is 23.8 Å². The molecule has 0 fully saturated rings. The lowest BCUT2D eigenvalue weighted by atomic mass is 10.1. The van der Waals surface area contributed by atoms with Gasteiger partial charge < -0.3 is 15.2 Å². The number of hydrogen-bond donors (Lipinski definition) is 1. The van der Waals surface area contributed by atoms with Gasteiger partial charge in [-0.1, -0.05) is 0 Å². The second kappa shape index (κ2) is 8.83. The summed E-state index contributed by atoms with van der Waals surface area (Å²) in [6.45, 7) is 4.98. The van der Waals surface area contributed by atoms with Gasteiger partial charge in [0.1, 0.15) is 0 Å². The second-order valence-electron chi connectivity index (χ2n) is 4.63.